The number of aliphatic hydroxyl groups is 2. The maximum atomic E-state index is 12.4. The van der Waals surface area contributed by atoms with Gasteiger partial charge in [-0.25, -0.2) is 4.79 Å². The number of carbonyl (C=O) groups is 2. The van der Waals surface area contributed by atoms with Crippen LogP contribution in [0.2, 0.25) is 0 Å². The molecule has 0 aromatic heterocycles. The lowest BCUT2D eigenvalue weighted by Gasteiger charge is -2.23. The summed E-state index contributed by atoms with van der Waals surface area (Å²) in [6.45, 7) is 2.24. The molecule has 1 aliphatic heterocycles. The number of aromatic carboxylic acids is 1. The van der Waals surface area contributed by atoms with Crippen LogP contribution in [0, 0.1) is 6.92 Å². The molecule has 1 saturated heterocycles. The zero-order valence-corrected chi connectivity index (χ0v) is 17.7. The monoisotopic (exact) mass is 423 g/mol. The van der Waals surface area contributed by atoms with Gasteiger partial charge in [-0.1, -0.05) is 48.0 Å². The number of carbonyl (C=O) groups excluding carboxylic acids is 1. The largest absolute Gasteiger partial charge is 0.478 e. The number of benzene rings is 2. The third kappa shape index (κ3) is 6.03. The molecule has 1 aliphatic rings. The van der Waals surface area contributed by atoms with E-state index in [1.54, 1.807) is 17.0 Å². The second-order valence-corrected chi connectivity index (χ2v) is 8.04. The minimum atomic E-state index is -1.04. The van der Waals surface area contributed by atoms with E-state index in [1.165, 1.54) is 12.1 Å². The fraction of sp³-hybridized carbons (Fsp3) is 0.360. The summed E-state index contributed by atoms with van der Waals surface area (Å²) in [6.07, 6.45) is 5.27. The highest BCUT2D eigenvalue weighted by molar-refractivity contribution is 5.87. The van der Waals surface area contributed by atoms with E-state index < -0.39 is 12.1 Å². The van der Waals surface area contributed by atoms with Crippen molar-refractivity contribution in [2.75, 3.05) is 6.54 Å². The normalized spacial score (nSPS) is 17.5. The first-order valence-corrected chi connectivity index (χ1v) is 10.5. The molecule has 0 radical (unpaired) electrons. The van der Waals surface area contributed by atoms with Crippen LogP contribution in [0.1, 0.15) is 45.5 Å². The van der Waals surface area contributed by atoms with Crippen molar-refractivity contribution in [1.29, 1.82) is 0 Å². The molecule has 1 fully saturated rings. The number of carboxylic acids is 1. The van der Waals surface area contributed by atoms with Gasteiger partial charge in [0.25, 0.3) is 0 Å². The maximum absolute atomic E-state index is 12.4. The van der Waals surface area contributed by atoms with Crippen molar-refractivity contribution >= 4 is 11.9 Å². The van der Waals surface area contributed by atoms with Gasteiger partial charge in [0.1, 0.15) is 0 Å². The summed E-state index contributed by atoms with van der Waals surface area (Å²) in [5.74, 6) is -0.971. The number of aryl methyl sites for hydroxylation is 1. The van der Waals surface area contributed by atoms with E-state index >= 15 is 0 Å². The Morgan fingerprint density at radius 3 is 2.74 bits per heavy atom. The summed E-state index contributed by atoms with van der Waals surface area (Å²) in [6, 6.07) is 12.7. The summed E-state index contributed by atoms with van der Waals surface area (Å²) >= 11 is 0. The number of hydrogen-bond donors (Lipinski definition) is 3. The average Bonchev–Trinajstić information content (AvgIpc) is 3.10. The van der Waals surface area contributed by atoms with Gasteiger partial charge < -0.3 is 20.2 Å². The second-order valence-electron chi connectivity index (χ2n) is 8.04. The topological polar surface area (TPSA) is 98.1 Å². The summed E-state index contributed by atoms with van der Waals surface area (Å²) < 4.78 is 0. The van der Waals surface area contributed by atoms with Crippen molar-refractivity contribution in [3.63, 3.8) is 0 Å². The van der Waals surface area contributed by atoms with E-state index in [1.807, 2.05) is 31.2 Å². The lowest BCUT2D eigenvalue weighted by Crippen LogP contribution is -2.34. The number of carboxylic acid groups (broad SMARTS) is 1. The van der Waals surface area contributed by atoms with Crippen molar-refractivity contribution in [3.8, 4) is 0 Å². The Hall–Kier alpha value is -2.96. The summed E-state index contributed by atoms with van der Waals surface area (Å²) in [4.78, 5) is 25.3. The van der Waals surface area contributed by atoms with E-state index in [2.05, 4.69) is 6.07 Å². The third-order valence-electron chi connectivity index (χ3n) is 5.70. The smallest absolute Gasteiger partial charge is 0.335 e. The molecular formula is C25H29NO5. The van der Waals surface area contributed by atoms with E-state index in [0.717, 1.165) is 16.7 Å². The quantitative estimate of drug-likeness (QED) is 0.539. The van der Waals surface area contributed by atoms with Crippen molar-refractivity contribution in [2.24, 2.45) is 0 Å². The molecule has 1 heterocycles. The Balaban J connectivity index is 1.62. The predicted octanol–water partition coefficient (Wildman–Crippen LogP) is 2.88. The molecule has 3 N–H and O–H groups in total. The van der Waals surface area contributed by atoms with Crippen molar-refractivity contribution < 1.29 is 24.9 Å². The van der Waals surface area contributed by atoms with E-state index in [-0.39, 0.29) is 24.1 Å². The molecule has 6 nitrogen and oxygen atoms in total. The minimum Gasteiger partial charge on any atom is -0.478 e. The van der Waals surface area contributed by atoms with Gasteiger partial charge in [-0.05, 0) is 48.6 Å². The first-order valence-electron chi connectivity index (χ1n) is 10.5. The van der Waals surface area contributed by atoms with Crippen molar-refractivity contribution in [3.05, 3.63) is 82.4 Å². The molecule has 0 bridgehead atoms. The third-order valence-corrected chi connectivity index (χ3v) is 5.70. The highest BCUT2D eigenvalue weighted by atomic mass is 16.4. The molecule has 0 saturated carbocycles. The van der Waals surface area contributed by atoms with Crippen LogP contribution in [0.25, 0.3) is 0 Å². The lowest BCUT2D eigenvalue weighted by atomic mass is 10.0. The fourth-order valence-electron chi connectivity index (χ4n) is 4.04. The highest BCUT2D eigenvalue weighted by Gasteiger charge is 2.29. The summed E-state index contributed by atoms with van der Waals surface area (Å²) in [7, 11) is 0. The van der Waals surface area contributed by atoms with Gasteiger partial charge in [-0.15, -0.1) is 0 Å². The van der Waals surface area contributed by atoms with Crippen LogP contribution < -0.4 is 0 Å². The number of amides is 1. The van der Waals surface area contributed by atoms with Crippen LogP contribution in [0.15, 0.2) is 54.6 Å². The molecule has 2 aromatic carbocycles. The van der Waals surface area contributed by atoms with E-state index in [4.69, 9.17) is 5.11 Å². The Morgan fingerprint density at radius 1 is 1.23 bits per heavy atom. The maximum Gasteiger partial charge on any atom is 0.335 e. The number of rotatable bonds is 9. The van der Waals surface area contributed by atoms with Crippen LogP contribution in [-0.2, 0) is 24.2 Å². The first kappa shape index (κ1) is 22.7. The van der Waals surface area contributed by atoms with E-state index in [0.29, 0.717) is 37.8 Å². The number of aliphatic hydroxyl groups excluding tert-OH is 2. The zero-order chi connectivity index (χ0) is 22.4. The molecule has 164 valence electrons. The van der Waals surface area contributed by atoms with Gasteiger partial charge in [0.15, 0.2) is 0 Å². The number of likely N-dealkylation sites (tertiary alicyclic amines) is 1. The number of hydrogen-bond acceptors (Lipinski definition) is 4. The predicted molar refractivity (Wildman–Crippen MR) is 118 cm³/mol. The van der Waals surface area contributed by atoms with Crippen molar-refractivity contribution in [2.45, 2.75) is 51.4 Å². The highest BCUT2D eigenvalue weighted by Crippen LogP contribution is 2.22. The zero-order valence-electron chi connectivity index (χ0n) is 17.7. The second kappa shape index (κ2) is 10.4. The first-order chi connectivity index (χ1) is 14.9. The molecule has 6 heteroatoms. The molecule has 0 aliphatic carbocycles. The standard InChI is InChI=1S/C25H29NO5/c1-17-3-2-4-18(13-17)14-23(28)9-7-22-8-10-24(29)26(22)12-11-19-5-6-20(25(30)31)15-21(19)16-27/h2-7,9,13,15,22-23,27-28H,8,10-12,14,16H2,1H3,(H,30,31)/b9-7+/t22-,23+/m0/s1. The van der Waals surface area contributed by atoms with Crippen molar-refractivity contribution in [1.82, 2.24) is 4.90 Å². The molecule has 0 spiro atoms. The van der Waals surface area contributed by atoms with Crippen LogP contribution in [0.5, 0.6) is 0 Å². The van der Waals surface area contributed by atoms with Crippen LogP contribution in [0.3, 0.4) is 0 Å². The van der Waals surface area contributed by atoms with E-state index in [9.17, 15) is 19.8 Å². The van der Waals surface area contributed by atoms with Gasteiger partial charge in [0.2, 0.25) is 5.91 Å². The fourth-order valence-corrected chi connectivity index (χ4v) is 4.04. The Morgan fingerprint density at radius 2 is 2.03 bits per heavy atom. The molecule has 1 amide bonds. The number of nitrogens with zero attached hydrogens (tertiary/aromatic N) is 1. The molecule has 0 unspecified atom stereocenters. The molecule has 2 aromatic rings. The summed E-state index contributed by atoms with van der Waals surface area (Å²) in [5.41, 5.74) is 3.74. The lowest BCUT2D eigenvalue weighted by molar-refractivity contribution is -0.128. The molecule has 2 atom stereocenters. The van der Waals surface area contributed by atoms with Gasteiger partial charge in [-0.2, -0.15) is 0 Å². The van der Waals surface area contributed by atoms with Gasteiger partial charge in [0, 0.05) is 19.4 Å². The Labute approximate surface area is 182 Å². The Kier molecular flexibility index (Phi) is 7.60. The van der Waals surface area contributed by atoms with Crippen LogP contribution in [-0.4, -0.2) is 50.8 Å². The SMILES string of the molecule is Cc1cccc(C[C@H](O)/C=C/[C@H]2CCC(=O)N2CCc2ccc(C(=O)O)cc2CO)c1. The van der Waals surface area contributed by atoms with Gasteiger partial charge in [-0.3, -0.25) is 4.79 Å². The molecular weight excluding hydrogens is 394 g/mol. The molecule has 31 heavy (non-hydrogen) atoms. The minimum absolute atomic E-state index is 0.0653. The van der Waals surface area contributed by atoms with Crippen LogP contribution in [0.4, 0.5) is 0 Å². The Bertz CT molecular complexity index is 968. The van der Waals surface area contributed by atoms with Gasteiger partial charge >= 0.3 is 5.97 Å². The average molecular weight is 424 g/mol. The summed E-state index contributed by atoms with van der Waals surface area (Å²) in [5, 5.41) is 29.1. The van der Waals surface area contributed by atoms with Gasteiger partial charge in [0.05, 0.1) is 24.3 Å². The molecule has 3 rings (SSSR count). The van der Waals surface area contributed by atoms with Crippen LogP contribution >= 0.6 is 0 Å².